The number of morpholine rings is 1. The third-order valence-corrected chi connectivity index (χ3v) is 3.67. The van der Waals surface area contributed by atoms with E-state index in [1.807, 2.05) is 11.8 Å². The van der Waals surface area contributed by atoms with E-state index in [2.05, 4.69) is 0 Å². The zero-order valence-electron chi connectivity index (χ0n) is 12.0. The van der Waals surface area contributed by atoms with E-state index in [0.717, 1.165) is 0 Å². The number of carbonyl (C=O) groups is 1. The van der Waals surface area contributed by atoms with E-state index >= 15 is 0 Å². The second kappa shape index (κ2) is 5.89. The maximum absolute atomic E-state index is 13.7. The number of Topliss-reactive ketones (excluding diaryl/α,β-unsaturated/α-hetero) is 1. The zero-order chi connectivity index (χ0) is 14.9. The van der Waals surface area contributed by atoms with Crippen LogP contribution in [0.15, 0.2) is 12.1 Å². The number of ketones is 1. The van der Waals surface area contributed by atoms with Gasteiger partial charge in [-0.2, -0.15) is 0 Å². The third kappa shape index (κ3) is 2.83. The third-order valence-electron chi connectivity index (χ3n) is 3.67. The van der Waals surface area contributed by atoms with Crippen molar-refractivity contribution in [1.82, 2.24) is 0 Å². The Labute approximate surface area is 118 Å². The van der Waals surface area contributed by atoms with Gasteiger partial charge in [0.15, 0.2) is 5.78 Å². The number of aliphatic hydroxyl groups excluding tert-OH is 1. The largest absolute Gasteiger partial charge is 0.394 e. The number of carbonyl (C=O) groups excluding carboxylic acids is 1. The van der Waals surface area contributed by atoms with Crippen LogP contribution >= 0.6 is 0 Å². The number of halogens is 1. The first kappa shape index (κ1) is 14.9. The molecule has 20 heavy (non-hydrogen) atoms. The van der Waals surface area contributed by atoms with Gasteiger partial charge in [0.05, 0.1) is 19.3 Å². The molecule has 1 fully saturated rings. The van der Waals surface area contributed by atoms with Crippen LogP contribution in [-0.4, -0.2) is 42.8 Å². The van der Waals surface area contributed by atoms with Gasteiger partial charge in [0, 0.05) is 23.8 Å². The zero-order valence-corrected chi connectivity index (χ0v) is 12.0. The molecule has 1 saturated heterocycles. The molecule has 0 bridgehead atoms. The highest BCUT2D eigenvalue weighted by atomic mass is 19.1. The highest BCUT2D eigenvalue weighted by Crippen LogP contribution is 2.29. The molecule has 2 atom stereocenters. The molecule has 1 aliphatic rings. The highest BCUT2D eigenvalue weighted by Gasteiger charge is 2.28. The van der Waals surface area contributed by atoms with Gasteiger partial charge in [0.2, 0.25) is 0 Å². The molecule has 2 unspecified atom stereocenters. The Morgan fingerprint density at radius 2 is 2.25 bits per heavy atom. The molecule has 1 aromatic rings. The van der Waals surface area contributed by atoms with Crippen molar-refractivity contribution in [3.8, 4) is 0 Å². The Morgan fingerprint density at radius 3 is 2.85 bits per heavy atom. The molecule has 1 N–H and O–H groups in total. The summed E-state index contributed by atoms with van der Waals surface area (Å²) in [5.41, 5.74) is 1.59. The van der Waals surface area contributed by atoms with Gasteiger partial charge in [0.1, 0.15) is 5.82 Å². The fourth-order valence-corrected chi connectivity index (χ4v) is 2.45. The van der Waals surface area contributed by atoms with Gasteiger partial charge in [-0.3, -0.25) is 4.79 Å². The normalized spacial score (nSPS) is 22.9. The van der Waals surface area contributed by atoms with Gasteiger partial charge in [0.25, 0.3) is 0 Å². The summed E-state index contributed by atoms with van der Waals surface area (Å²) in [7, 11) is 0. The Balaban J connectivity index is 2.44. The SMILES string of the molecule is CC(=O)c1cc(F)c(C)cc1N1CC(CO)OCC1C. The minimum absolute atomic E-state index is 0.0701. The van der Waals surface area contributed by atoms with Gasteiger partial charge in [-0.1, -0.05) is 0 Å². The van der Waals surface area contributed by atoms with Crippen molar-refractivity contribution in [2.45, 2.75) is 32.9 Å². The lowest BCUT2D eigenvalue weighted by atomic mass is 10.0. The lowest BCUT2D eigenvalue weighted by Gasteiger charge is -2.40. The van der Waals surface area contributed by atoms with E-state index < -0.39 is 0 Å². The quantitative estimate of drug-likeness (QED) is 0.860. The van der Waals surface area contributed by atoms with Crippen LogP contribution in [0.2, 0.25) is 0 Å². The molecule has 1 heterocycles. The van der Waals surface area contributed by atoms with Crippen LogP contribution in [-0.2, 0) is 4.74 Å². The molecular formula is C15H20FNO3. The average molecular weight is 281 g/mol. The Hall–Kier alpha value is -1.46. The van der Waals surface area contributed by atoms with Crippen LogP contribution in [0.4, 0.5) is 10.1 Å². The topological polar surface area (TPSA) is 49.8 Å². The maximum Gasteiger partial charge on any atom is 0.161 e. The number of rotatable bonds is 3. The monoisotopic (exact) mass is 281 g/mol. The summed E-state index contributed by atoms with van der Waals surface area (Å²) in [5, 5.41) is 9.24. The summed E-state index contributed by atoms with van der Waals surface area (Å²) in [5.74, 6) is -0.545. The first-order chi connectivity index (χ1) is 9.43. The number of aliphatic hydroxyl groups is 1. The van der Waals surface area contributed by atoms with Crippen molar-refractivity contribution in [3.63, 3.8) is 0 Å². The minimum atomic E-state index is -0.376. The van der Waals surface area contributed by atoms with Crippen molar-refractivity contribution in [3.05, 3.63) is 29.1 Å². The lowest BCUT2D eigenvalue weighted by Crippen LogP contribution is -2.50. The van der Waals surface area contributed by atoms with Crippen molar-refractivity contribution >= 4 is 11.5 Å². The molecule has 1 aliphatic heterocycles. The van der Waals surface area contributed by atoms with E-state index in [4.69, 9.17) is 4.74 Å². The predicted molar refractivity (Wildman–Crippen MR) is 74.8 cm³/mol. The predicted octanol–water partition coefficient (Wildman–Crippen LogP) is 1.92. The summed E-state index contributed by atoms with van der Waals surface area (Å²) in [6.45, 7) is 5.98. The summed E-state index contributed by atoms with van der Waals surface area (Å²) in [4.78, 5) is 13.8. The smallest absolute Gasteiger partial charge is 0.161 e. The molecule has 0 amide bonds. The van der Waals surface area contributed by atoms with E-state index in [1.165, 1.54) is 13.0 Å². The van der Waals surface area contributed by atoms with Crippen molar-refractivity contribution in [2.24, 2.45) is 0 Å². The molecule has 4 nitrogen and oxygen atoms in total. The molecule has 5 heteroatoms. The van der Waals surface area contributed by atoms with Crippen LogP contribution in [0.1, 0.15) is 29.8 Å². The Kier molecular flexibility index (Phi) is 4.40. The van der Waals surface area contributed by atoms with Crippen LogP contribution in [0.25, 0.3) is 0 Å². The van der Waals surface area contributed by atoms with Gasteiger partial charge in [-0.15, -0.1) is 0 Å². The summed E-state index contributed by atoms with van der Waals surface area (Å²) in [6, 6.07) is 3.06. The Morgan fingerprint density at radius 1 is 1.55 bits per heavy atom. The summed E-state index contributed by atoms with van der Waals surface area (Å²) >= 11 is 0. The Bertz CT molecular complexity index is 518. The van der Waals surface area contributed by atoms with Crippen molar-refractivity contribution in [2.75, 3.05) is 24.7 Å². The van der Waals surface area contributed by atoms with Crippen LogP contribution < -0.4 is 4.90 Å². The van der Waals surface area contributed by atoms with Gasteiger partial charge in [-0.05, 0) is 38.5 Å². The summed E-state index contributed by atoms with van der Waals surface area (Å²) in [6.07, 6.45) is -0.281. The van der Waals surface area contributed by atoms with E-state index in [9.17, 15) is 14.3 Å². The molecule has 110 valence electrons. The van der Waals surface area contributed by atoms with E-state index in [-0.39, 0.29) is 30.4 Å². The first-order valence-corrected chi connectivity index (χ1v) is 6.74. The standard InChI is InChI=1S/C15H20FNO3/c1-9-4-15(13(11(3)19)5-14(9)16)17-6-12(7-18)20-8-10(17)2/h4-5,10,12,18H,6-8H2,1-3H3. The van der Waals surface area contributed by atoms with Gasteiger partial charge < -0.3 is 14.7 Å². The van der Waals surface area contributed by atoms with Gasteiger partial charge in [-0.25, -0.2) is 4.39 Å². The number of hydrogen-bond acceptors (Lipinski definition) is 4. The van der Waals surface area contributed by atoms with Crippen molar-refractivity contribution in [1.29, 1.82) is 0 Å². The molecule has 1 aromatic carbocycles. The number of aryl methyl sites for hydroxylation is 1. The van der Waals surface area contributed by atoms with E-state index in [0.29, 0.717) is 30.0 Å². The van der Waals surface area contributed by atoms with Gasteiger partial charge >= 0.3 is 0 Å². The number of nitrogens with zero attached hydrogens (tertiary/aromatic N) is 1. The number of hydrogen-bond donors (Lipinski definition) is 1. The molecule has 0 spiro atoms. The van der Waals surface area contributed by atoms with Crippen molar-refractivity contribution < 1.29 is 19.0 Å². The molecule has 0 aromatic heterocycles. The van der Waals surface area contributed by atoms with Crippen LogP contribution in [0.3, 0.4) is 0 Å². The molecule has 2 rings (SSSR count). The van der Waals surface area contributed by atoms with E-state index in [1.54, 1.807) is 13.0 Å². The van der Waals surface area contributed by atoms with Crippen LogP contribution in [0.5, 0.6) is 0 Å². The lowest BCUT2D eigenvalue weighted by molar-refractivity contribution is -0.0103. The molecule has 0 aliphatic carbocycles. The second-order valence-electron chi connectivity index (χ2n) is 5.31. The number of anilines is 1. The highest BCUT2D eigenvalue weighted by molar-refractivity contribution is 6.00. The first-order valence-electron chi connectivity index (χ1n) is 6.74. The molecular weight excluding hydrogens is 261 g/mol. The molecule has 0 radical (unpaired) electrons. The second-order valence-corrected chi connectivity index (χ2v) is 5.31. The minimum Gasteiger partial charge on any atom is -0.394 e. The van der Waals surface area contributed by atoms with Crippen LogP contribution in [0, 0.1) is 12.7 Å². The molecule has 0 saturated carbocycles. The fourth-order valence-electron chi connectivity index (χ4n) is 2.45. The summed E-state index contributed by atoms with van der Waals surface area (Å²) < 4.78 is 19.2. The average Bonchev–Trinajstić information content (AvgIpc) is 2.42. The number of benzene rings is 1. The maximum atomic E-state index is 13.7. The number of ether oxygens (including phenoxy) is 1. The fraction of sp³-hybridized carbons (Fsp3) is 0.533.